The minimum atomic E-state index is -0.146. The molecule has 2 aromatic carbocycles. The molecule has 3 heterocycles. The molecule has 5 rings (SSSR count). The largest absolute Gasteiger partial charge is 0.507 e. The fourth-order valence-corrected chi connectivity index (χ4v) is 4.32. The lowest BCUT2D eigenvalue weighted by Gasteiger charge is -2.32. The van der Waals surface area contributed by atoms with Gasteiger partial charge in [0.2, 0.25) is 0 Å². The summed E-state index contributed by atoms with van der Waals surface area (Å²) in [5, 5.41) is 11.4. The zero-order chi connectivity index (χ0) is 22.9. The summed E-state index contributed by atoms with van der Waals surface area (Å²) in [5.41, 5.74) is 4.74. The van der Waals surface area contributed by atoms with Crippen molar-refractivity contribution in [1.29, 1.82) is 0 Å². The summed E-state index contributed by atoms with van der Waals surface area (Å²) in [6.45, 7) is 2.95. The number of methoxy groups -OCH3 is 1. The van der Waals surface area contributed by atoms with E-state index in [1.807, 2.05) is 43.6 Å². The third kappa shape index (κ3) is 3.91. The number of nitrogens with one attached hydrogen (secondary N) is 1. The van der Waals surface area contributed by atoms with Gasteiger partial charge in [-0.1, -0.05) is 24.3 Å². The Balaban J connectivity index is 1.53. The number of aromatic hydroxyl groups is 1. The molecule has 4 aromatic rings. The fourth-order valence-electron chi connectivity index (χ4n) is 4.32. The number of benzene rings is 2. The van der Waals surface area contributed by atoms with E-state index in [2.05, 4.69) is 20.9 Å². The molecule has 1 aliphatic rings. The van der Waals surface area contributed by atoms with Crippen LogP contribution in [-0.4, -0.2) is 71.1 Å². The number of piperazine rings is 1. The van der Waals surface area contributed by atoms with E-state index in [-0.39, 0.29) is 11.7 Å². The molecular formula is C26H26N4O3. The van der Waals surface area contributed by atoms with Gasteiger partial charge in [0, 0.05) is 60.6 Å². The predicted molar refractivity (Wildman–Crippen MR) is 129 cm³/mol. The molecule has 33 heavy (non-hydrogen) atoms. The molecule has 0 spiro atoms. The van der Waals surface area contributed by atoms with Gasteiger partial charge in [-0.3, -0.25) is 4.79 Å². The maximum absolute atomic E-state index is 13.1. The lowest BCUT2D eigenvalue weighted by atomic mass is 9.99. The van der Waals surface area contributed by atoms with Crippen LogP contribution in [0.2, 0.25) is 0 Å². The number of carbonyl (C=O) groups excluding carboxylic acids is 1. The minimum Gasteiger partial charge on any atom is -0.507 e. The molecule has 1 fully saturated rings. The third-order valence-corrected chi connectivity index (χ3v) is 6.28. The number of aromatic nitrogens is 2. The first-order chi connectivity index (χ1) is 16.0. The molecule has 0 unspecified atom stereocenters. The van der Waals surface area contributed by atoms with E-state index in [1.54, 1.807) is 30.3 Å². The van der Waals surface area contributed by atoms with Gasteiger partial charge >= 0.3 is 0 Å². The number of phenols is 1. The molecule has 0 bridgehead atoms. The molecule has 1 amide bonds. The topological polar surface area (TPSA) is 81.7 Å². The number of pyridine rings is 1. The summed E-state index contributed by atoms with van der Waals surface area (Å²) in [6, 6.07) is 15.1. The van der Waals surface area contributed by atoms with Crippen molar-refractivity contribution < 1.29 is 14.6 Å². The molecule has 7 heteroatoms. The van der Waals surface area contributed by atoms with Crippen molar-refractivity contribution in [2.75, 3.05) is 40.3 Å². The Bertz CT molecular complexity index is 1320. The van der Waals surface area contributed by atoms with E-state index in [0.717, 1.165) is 52.1 Å². The van der Waals surface area contributed by atoms with Gasteiger partial charge in [0.1, 0.15) is 17.1 Å². The Morgan fingerprint density at radius 3 is 2.61 bits per heavy atom. The summed E-state index contributed by atoms with van der Waals surface area (Å²) < 4.78 is 5.55. The van der Waals surface area contributed by atoms with Crippen LogP contribution in [-0.2, 0) is 0 Å². The summed E-state index contributed by atoms with van der Waals surface area (Å²) >= 11 is 0. The Morgan fingerprint density at radius 1 is 1.03 bits per heavy atom. The SMILES string of the molecule is COc1ccccc1-c1c[nH]c2ncc(-c3ccc(O)c(C(=O)N4CCN(C)CC4)c3)cc12. The summed E-state index contributed by atoms with van der Waals surface area (Å²) in [5.74, 6) is 0.634. The van der Waals surface area contributed by atoms with E-state index in [4.69, 9.17) is 4.74 Å². The highest BCUT2D eigenvalue weighted by Crippen LogP contribution is 2.36. The molecule has 0 atom stereocenters. The Morgan fingerprint density at radius 2 is 1.82 bits per heavy atom. The number of phenolic OH excluding ortho intramolecular Hbond substituents is 1. The molecule has 0 saturated carbocycles. The third-order valence-electron chi connectivity index (χ3n) is 6.28. The van der Waals surface area contributed by atoms with Gasteiger partial charge in [-0.2, -0.15) is 0 Å². The maximum Gasteiger partial charge on any atom is 0.257 e. The molecule has 1 saturated heterocycles. The van der Waals surface area contributed by atoms with Crippen molar-refractivity contribution >= 4 is 16.9 Å². The second kappa shape index (κ2) is 8.60. The van der Waals surface area contributed by atoms with Gasteiger partial charge in [0.15, 0.2) is 0 Å². The van der Waals surface area contributed by atoms with Gasteiger partial charge in [0.05, 0.1) is 12.7 Å². The van der Waals surface area contributed by atoms with Crippen molar-refractivity contribution in [3.05, 3.63) is 66.5 Å². The van der Waals surface area contributed by atoms with Crippen molar-refractivity contribution in [2.24, 2.45) is 0 Å². The van der Waals surface area contributed by atoms with Crippen molar-refractivity contribution in [2.45, 2.75) is 0 Å². The van der Waals surface area contributed by atoms with Crippen LogP contribution in [0.1, 0.15) is 10.4 Å². The maximum atomic E-state index is 13.1. The van der Waals surface area contributed by atoms with Crippen LogP contribution in [0.3, 0.4) is 0 Å². The number of rotatable bonds is 4. The number of H-pyrrole nitrogens is 1. The van der Waals surface area contributed by atoms with Gasteiger partial charge < -0.3 is 24.6 Å². The number of fused-ring (bicyclic) bond motifs is 1. The number of likely N-dealkylation sites (N-methyl/N-ethyl adjacent to an activating group) is 1. The van der Waals surface area contributed by atoms with E-state index >= 15 is 0 Å². The van der Waals surface area contributed by atoms with Crippen molar-refractivity contribution in [1.82, 2.24) is 19.8 Å². The average Bonchev–Trinajstić information content (AvgIpc) is 3.27. The molecule has 0 radical (unpaired) electrons. The number of ether oxygens (including phenoxy) is 1. The second-order valence-corrected chi connectivity index (χ2v) is 8.35. The lowest BCUT2D eigenvalue weighted by Crippen LogP contribution is -2.47. The number of amides is 1. The minimum absolute atomic E-state index is 0.00642. The summed E-state index contributed by atoms with van der Waals surface area (Å²) in [4.78, 5) is 24.9. The molecule has 2 aromatic heterocycles. The molecule has 1 aliphatic heterocycles. The second-order valence-electron chi connectivity index (χ2n) is 8.35. The van der Waals surface area contributed by atoms with Crippen molar-refractivity contribution in [3.63, 3.8) is 0 Å². The van der Waals surface area contributed by atoms with Crippen molar-refractivity contribution in [3.8, 4) is 33.8 Å². The quantitative estimate of drug-likeness (QED) is 0.499. The van der Waals surface area contributed by atoms with E-state index in [0.29, 0.717) is 18.7 Å². The standard InChI is InChI=1S/C26H26N4O3/c1-29-9-11-30(12-10-29)26(32)21-13-17(7-8-23(21)31)18-14-20-22(16-28-25(20)27-15-18)19-5-3-4-6-24(19)33-2/h3-8,13-16,31H,9-12H2,1-2H3,(H,27,28). The first kappa shape index (κ1) is 21.0. The van der Waals surface area contributed by atoms with Crippen LogP contribution in [0.25, 0.3) is 33.3 Å². The lowest BCUT2D eigenvalue weighted by molar-refractivity contribution is 0.0661. The number of hydrogen-bond acceptors (Lipinski definition) is 5. The van der Waals surface area contributed by atoms with Gasteiger partial charge in [0.25, 0.3) is 5.91 Å². The number of para-hydroxylation sites is 1. The van der Waals surface area contributed by atoms with Crippen LogP contribution >= 0.6 is 0 Å². The summed E-state index contributed by atoms with van der Waals surface area (Å²) in [7, 11) is 3.70. The highest BCUT2D eigenvalue weighted by molar-refractivity contribution is 6.00. The predicted octanol–water partition coefficient (Wildman–Crippen LogP) is 4.00. The molecule has 168 valence electrons. The summed E-state index contributed by atoms with van der Waals surface area (Å²) in [6.07, 6.45) is 3.71. The van der Waals surface area contributed by atoms with Crippen LogP contribution in [0, 0.1) is 0 Å². The normalized spacial score (nSPS) is 14.5. The van der Waals surface area contributed by atoms with E-state index in [1.165, 1.54) is 0 Å². The first-order valence-electron chi connectivity index (χ1n) is 11.0. The zero-order valence-electron chi connectivity index (χ0n) is 18.7. The van der Waals surface area contributed by atoms with Gasteiger partial charge in [-0.15, -0.1) is 0 Å². The highest BCUT2D eigenvalue weighted by Gasteiger charge is 2.23. The van der Waals surface area contributed by atoms with E-state index < -0.39 is 0 Å². The highest BCUT2D eigenvalue weighted by atomic mass is 16.5. The monoisotopic (exact) mass is 442 g/mol. The number of nitrogens with zero attached hydrogens (tertiary/aromatic N) is 3. The molecular weight excluding hydrogens is 416 g/mol. The number of carbonyl (C=O) groups is 1. The average molecular weight is 443 g/mol. The Hall–Kier alpha value is -3.84. The molecule has 2 N–H and O–H groups in total. The van der Waals surface area contributed by atoms with Gasteiger partial charge in [-0.25, -0.2) is 4.98 Å². The van der Waals surface area contributed by atoms with Crippen LogP contribution in [0.5, 0.6) is 11.5 Å². The number of hydrogen-bond donors (Lipinski definition) is 2. The van der Waals surface area contributed by atoms with Crippen LogP contribution in [0.15, 0.2) is 60.9 Å². The smallest absolute Gasteiger partial charge is 0.257 e. The molecule has 0 aliphatic carbocycles. The van der Waals surface area contributed by atoms with Crippen LogP contribution in [0.4, 0.5) is 0 Å². The first-order valence-corrected chi connectivity index (χ1v) is 11.0. The van der Waals surface area contributed by atoms with Gasteiger partial charge in [-0.05, 0) is 36.9 Å². The fraction of sp³-hybridized carbons (Fsp3) is 0.231. The van der Waals surface area contributed by atoms with Crippen LogP contribution < -0.4 is 4.74 Å². The zero-order valence-corrected chi connectivity index (χ0v) is 18.7. The molecule has 7 nitrogen and oxygen atoms in total. The van der Waals surface area contributed by atoms with E-state index in [9.17, 15) is 9.90 Å². The Labute approximate surface area is 192 Å². The number of aromatic amines is 1. The Kier molecular flexibility index (Phi) is 5.48.